The fraction of sp³-hybridized carbons (Fsp3) is 0.292. The Bertz CT molecular complexity index is 927. The molecule has 0 N–H and O–H groups in total. The molecular formula is C24H25N3. The Labute approximate surface area is 160 Å². The molecule has 2 bridgehead atoms. The summed E-state index contributed by atoms with van der Waals surface area (Å²) >= 11 is 0. The molecule has 5 rings (SSSR count). The Kier molecular flexibility index (Phi) is 4.38. The Morgan fingerprint density at radius 1 is 0.926 bits per heavy atom. The average molecular weight is 355 g/mol. The molecule has 1 aromatic heterocycles. The summed E-state index contributed by atoms with van der Waals surface area (Å²) < 4.78 is 1.99. The lowest BCUT2D eigenvalue weighted by molar-refractivity contribution is 0.0951. The molecule has 1 saturated heterocycles. The van der Waals surface area contributed by atoms with E-state index in [4.69, 9.17) is 0 Å². The first-order valence-electron chi connectivity index (χ1n) is 9.98. The van der Waals surface area contributed by atoms with E-state index in [1.807, 2.05) is 16.9 Å². The molecule has 3 heterocycles. The van der Waals surface area contributed by atoms with Gasteiger partial charge in [0, 0.05) is 30.4 Å². The largest absolute Gasteiger partial charge is 0.289 e. The molecule has 2 aliphatic rings. The summed E-state index contributed by atoms with van der Waals surface area (Å²) in [4.78, 5) is 2.71. The monoisotopic (exact) mass is 355 g/mol. The van der Waals surface area contributed by atoms with Crippen molar-refractivity contribution in [2.24, 2.45) is 0 Å². The van der Waals surface area contributed by atoms with Crippen molar-refractivity contribution in [2.45, 2.75) is 44.3 Å². The van der Waals surface area contributed by atoms with Gasteiger partial charge in [0.25, 0.3) is 0 Å². The number of hydrogen-bond donors (Lipinski definition) is 0. The van der Waals surface area contributed by atoms with Gasteiger partial charge in [-0.1, -0.05) is 61.0 Å². The van der Waals surface area contributed by atoms with Crippen LogP contribution in [0.15, 0.2) is 79.1 Å². The zero-order valence-corrected chi connectivity index (χ0v) is 15.5. The highest BCUT2D eigenvalue weighted by Gasteiger charge is 2.34. The van der Waals surface area contributed by atoms with Crippen LogP contribution >= 0.6 is 0 Å². The van der Waals surface area contributed by atoms with Crippen molar-refractivity contribution in [1.82, 2.24) is 14.7 Å². The van der Waals surface area contributed by atoms with Crippen molar-refractivity contribution in [1.29, 1.82) is 0 Å². The Hall–Kier alpha value is -2.65. The summed E-state index contributed by atoms with van der Waals surface area (Å²) in [5.74, 6) is 0. The molecule has 2 unspecified atom stereocenters. The van der Waals surface area contributed by atoms with E-state index in [9.17, 15) is 0 Å². The van der Waals surface area contributed by atoms with E-state index in [1.165, 1.54) is 36.0 Å². The van der Waals surface area contributed by atoms with Gasteiger partial charge >= 0.3 is 0 Å². The average Bonchev–Trinajstić information content (AvgIpc) is 3.20. The van der Waals surface area contributed by atoms with Crippen LogP contribution in [-0.2, 0) is 6.54 Å². The molecule has 0 amide bonds. The van der Waals surface area contributed by atoms with E-state index < -0.39 is 0 Å². The minimum atomic E-state index is 0.549. The predicted molar refractivity (Wildman–Crippen MR) is 110 cm³/mol. The van der Waals surface area contributed by atoms with E-state index in [2.05, 4.69) is 76.9 Å². The Morgan fingerprint density at radius 3 is 2.48 bits per heavy atom. The summed E-state index contributed by atoms with van der Waals surface area (Å²) in [6.07, 6.45) is 11.8. The second kappa shape index (κ2) is 7.16. The first-order chi connectivity index (χ1) is 13.4. The van der Waals surface area contributed by atoms with E-state index in [0.717, 1.165) is 18.7 Å². The number of piperidine rings is 1. The van der Waals surface area contributed by atoms with Gasteiger partial charge in [-0.2, -0.15) is 5.10 Å². The van der Waals surface area contributed by atoms with Crippen molar-refractivity contribution >= 4 is 5.57 Å². The van der Waals surface area contributed by atoms with Gasteiger partial charge < -0.3 is 0 Å². The zero-order valence-electron chi connectivity index (χ0n) is 15.5. The maximum atomic E-state index is 4.60. The van der Waals surface area contributed by atoms with Gasteiger partial charge in [0.1, 0.15) is 0 Å². The van der Waals surface area contributed by atoms with Crippen molar-refractivity contribution in [3.05, 3.63) is 90.3 Å². The molecule has 2 atom stereocenters. The minimum Gasteiger partial charge on any atom is -0.289 e. The second-order valence-electron chi connectivity index (χ2n) is 7.72. The van der Waals surface area contributed by atoms with Crippen LogP contribution in [0.3, 0.4) is 0 Å². The summed E-state index contributed by atoms with van der Waals surface area (Å²) in [5, 5.41) is 4.60. The topological polar surface area (TPSA) is 21.1 Å². The van der Waals surface area contributed by atoms with Gasteiger partial charge in [0.2, 0.25) is 0 Å². The Morgan fingerprint density at radius 2 is 1.70 bits per heavy atom. The first kappa shape index (κ1) is 16.5. The molecule has 0 radical (unpaired) electrons. The van der Waals surface area contributed by atoms with Crippen molar-refractivity contribution in [3.63, 3.8) is 0 Å². The van der Waals surface area contributed by atoms with Gasteiger partial charge in [-0.05, 0) is 42.5 Å². The highest BCUT2D eigenvalue weighted by molar-refractivity contribution is 5.67. The number of fused-ring (bicyclic) bond motifs is 2. The molecule has 0 saturated carbocycles. The quantitative estimate of drug-likeness (QED) is 0.650. The molecule has 136 valence electrons. The highest BCUT2D eigenvalue weighted by Crippen LogP contribution is 2.38. The smallest absolute Gasteiger partial charge is 0.0645 e. The lowest BCUT2D eigenvalue weighted by atomic mass is 9.83. The predicted octanol–water partition coefficient (Wildman–Crippen LogP) is 5.08. The summed E-state index contributed by atoms with van der Waals surface area (Å²) in [5.41, 5.74) is 5.28. The normalized spacial score (nSPS) is 22.4. The van der Waals surface area contributed by atoms with E-state index >= 15 is 0 Å². The van der Waals surface area contributed by atoms with Crippen LogP contribution < -0.4 is 0 Å². The maximum absolute atomic E-state index is 4.60. The molecule has 3 heteroatoms. The number of nitrogens with zero attached hydrogens (tertiary/aromatic N) is 3. The van der Waals surface area contributed by atoms with E-state index in [-0.39, 0.29) is 0 Å². The SMILES string of the molecule is C1=C(c2cnn(-c3ccccc3)c2)CC2CCCC1N2Cc1ccccc1. The minimum absolute atomic E-state index is 0.549. The van der Waals surface area contributed by atoms with Gasteiger partial charge in [0.15, 0.2) is 0 Å². The third-order valence-corrected chi connectivity index (χ3v) is 5.96. The lowest BCUT2D eigenvalue weighted by Crippen LogP contribution is -2.47. The lowest BCUT2D eigenvalue weighted by Gasteiger charge is -2.45. The van der Waals surface area contributed by atoms with Crippen LogP contribution in [0.2, 0.25) is 0 Å². The van der Waals surface area contributed by atoms with Crippen LogP contribution in [0.4, 0.5) is 0 Å². The molecule has 3 nitrogen and oxygen atoms in total. The van der Waals surface area contributed by atoms with Gasteiger partial charge in [-0.25, -0.2) is 4.68 Å². The highest BCUT2D eigenvalue weighted by atomic mass is 15.3. The number of benzene rings is 2. The van der Waals surface area contributed by atoms with Gasteiger partial charge in [-0.3, -0.25) is 4.90 Å². The summed E-state index contributed by atoms with van der Waals surface area (Å²) in [7, 11) is 0. The molecule has 27 heavy (non-hydrogen) atoms. The van der Waals surface area contributed by atoms with Gasteiger partial charge in [0.05, 0.1) is 11.9 Å². The number of aromatic nitrogens is 2. The second-order valence-corrected chi connectivity index (χ2v) is 7.72. The van der Waals surface area contributed by atoms with Crippen LogP contribution in [0.5, 0.6) is 0 Å². The fourth-order valence-electron chi connectivity index (χ4n) is 4.58. The van der Waals surface area contributed by atoms with Crippen molar-refractivity contribution in [2.75, 3.05) is 0 Å². The molecule has 1 fully saturated rings. The molecular weight excluding hydrogens is 330 g/mol. The van der Waals surface area contributed by atoms with Crippen molar-refractivity contribution in [3.8, 4) is 5.69 Å². The van der Waals surface area contributed by atoms with Crippen molar-refractivity contribution < 1.29 is 0 Å². The fourth-order valence-corrected chi connectivity index (χ4v) is 4.58. The molecule has 3 aromatic rings. The summed E-state index contributed by atoms with van der Waals surface area (Å²) in [6, 6.07) is 22.4. The maximum Gasteiger partial charge on any atom is 0.0645 e. The number of rotatable bonds is 4. The van der Waals surface area contributed by atoms with Crippen LogP contribution in [-0.4, -0.2) is 26.8 Å². The molecule has 0 aliphatic carbocycles. The zero-order chi connectivity index (χ0) is 18.1. The number of hydrogen-bond acceptors (Lipinski definition) is 2. The van der Waals surface area contributed by atoms with Crippen LogP contribution in [0, 0.1) is 0 Å². The number of para-hydroxylation sites is 1. The van der Waals surface area contributed by atoms with E-state index in [0.29, 0.717) is 12.1 Å². The van der Waals surface area contributed by atoms with Crippen LogP contribution in [0.25, 0.3) is 11.3 Å². The first-order valence-corrected chi connectivity index (χ1v) is 9.98. The molecule has 2 aromatic carbocycles. The molecule has 2 aliphatic heterocycles. The third kappa shape index (κ3) is 3.35. The summed E-state index contributed by atoms with van der Waals surface area (Å²) in [6.45, 7) is 1.06. The van der Waals surface area contributed by atoms with Gasteiger partial charge in [-0.15, -0.1) is 0 Å². The third-order valence-electron chi connectivity index (χ3n) is 5.96. The van der Waals surface area contributed by atoms with Crippen LogP contribution in [0.1, 0.15) is 36.8 Å². The molecule has 0 spiro atoms. The standard InChI is InChI=1S/C24H25N3/c1-3-8-19(9-4-1)17-26-23-12-7-13-24(26)15-20(14-23)21-16-25-27(18-21)22-10-5-2-6-11-22/h1-6,8-11,14,16,18,23-24H,7,12-13,15,17H2. The Balaban J connectivity index is 1.40. The van der Waals surface area contributed by atoms with E-state index in [1.54, 1.807) is 0 Å².